The number of thiazole rings is 1. The number of ether oxygens (including phenoxy) is 3. The largest absolute Gasteiger partial charge is 0.496 e. The van der Waals surface area contributed by atoms with Gasteiger partial charge in [-0.15, -0.1) is 11.3 Å². The smallest absolute Gasteiger partial charge is 0.259 e. The van der Waals surface area contributed by atoms with E-state index < -0.39 is 56.2 Å². The van der Waals surface area contributed by atoms with Crippen molar-refractivity contribution in [1.29, 1.82) is 0 Å². The van der Waals surface area contributed by atoms with Crippen LogP contribution in [0.15, 0.2) is 90.3 Å². The molecule has 10 rings (SSSR count). The van der Waals surface area contributed by atoms with Gasteiger partial charge in [0.25, 0.3) is 11.8 Å². The lowest BCUT2D eigenvalue weighted by atomic mass is 10.0. The molecule has 1 unspecified atom stereocenters. The summed E-state index contributed by atoms with van der Waals surface area (Å²) in [7, 11) is -2.42. The van der Waals surface area contributed by atoms with Crippen LogP contribution in [-0.2, 0) is 35.6 Å². The molecule has 16 nitrogen and oxygen atoms in total. The van der Waals surface area contributed by atoms with Crippen LogP contribution in [-0.4, -0.2) is 120 Å². The second kappa shape index (κ2) is 21.3. The van der Waals surface area contributed by atoms with Crippen LogP contribution < -0.4 is 24.8 Å². The third-order valence-corrected chi connectivity index (χ3v) is 18.8. The number of amides is 4. The second-order valence-corrected chi connectivity index (χ2v) is 24.5. The maximum atomic E-state index is 15.5. The van der Waals surface area contributed by atoms with Crippen molar-refractivity contribution >= 4 is 61.6 Å². The molecule has 6 atom stereocenters. The van der Waals surface area contributed by atoms with Crippen molar-refractivity contribution in [2.24, 2.45) is 5.92 Å². The SMILES string of the molecule is COc1ccc2c(O[C@@H]3C[C@H]4C(=O)N[C@]5(C(=O)NS(=O)(=O)C6(C)CC6)C[C@H]5/C=C\CCCCC[C@H](Nc5cccc(C(=O)N6CCOCC6Cc6ccccc6)c5)C(=O)N4C3)cc(-c3nc(C(C)C)cs3)nc2c1C. The lowest BCUT2D eigenvalue weighted by Crippen LogP contribution is -2.58. The number of methoxy groups -OCH3 is 1. The van der Waals surface area contributed by atoms with Gasteiger partial charge in [-0.3, -0.25) is 23.9 Å². The first-order valence-corrected chi connectivity index (χ1v) is 28.7. The molecular weight excluding hydrogens is 991 g/mol. The van der Waals surface area contributed by atoms with Crippen LogP contribution in [0.25, 0.3) is 21.6 Å². The summed E-state index contributed by atoms with van der Waals surface area (Å²) in [5, 5.41) is 9.97. The standard InChI is InChI=1S/C57H67N7O9S2/c1-35(2)46-34-74-52(60-46)45-30-49(43-21-22-48(71-5)36(3)50(43)59-45)73-42-29-47-51(65)61-57(55(68)62-75(69,70)56(4)23-24-56)31-39(57)18-12-7-6-8-13-20-44(54(67)64(47)32-42)58-40-19-14-17-38(28-40)53(66)63-25-26-72-33-41(63)27-37-15-10-9-11-16-37/h9-12,14-19,21-22,28,30,34-35,39,41-42,44,47,58H,6-8,13,20,23-27,29,31-33H2,1-5H3,(H,61,65)(H,62,68)/b18-12-/t39-,41?,42-,44+,47+,57-/m1/s1. The number of aryl methyl sites for hydroxylation is 1. The van der Waals surface area contributed by atoms with E-state index in [1.54, 1.807) is 31.1 Å². The van der Waals surface area contributed by atoms with Gasteiger partial charge in [0.2, 0.25) is 21.8 Å². The first kappa shape index (κ1) is 52.1. The molecule has 18 heteroatoms. The molecule has 2 saturated heterocycles. The Morgan fingerprint density at radius 2 is 1.81 bits per heavy atom. The number of carbonyl (C=O) groups is 4. The average Bonchev–Trinajstić information content (AvgIpc) is 4.22. The van der Waals surface area contributed by atoms with Crippen molar-refractivity contribution < 1.29 is 41.8 Å². The highest BCUT2D eigenvalue weighted by molar-refractivity contribution is 7.91. The summed E-state index contributed by atoms with van der Waals surface area (Å²) in [6, 6.07) is 20.8. The van der Waals surface area contributed by atoms with Crippen LogP contribution in [0.1, 0.15) is 112 Å². The molecule has 2 aromatic heterocycles. The molecule has 75 heavy (non-hydrogen) atoms. The van der Waals surface area contributed by atoms with E-state index in [4.69, 9.17) is 24.2 Å². The molecule has 3 aromatic carbocycles. The number of aromatic nitrogens is 2. The number of hydrogen-bond acceptors (Lipinski definition) is 13. The first-order valence-electron chi connectivity index (χ1n) is 26.3. The second-order valence-electron chi connectivity index (χ2n) is 21.4. The van der Waals surface area contributed by atoms with Gasteiger partial charge in [-0.25, -0.2) is 18.4 Å². The topological polar surface area (TPSA) is 198 Å². The minimum absolute atomic E-state index is 0.0196. The van der Waals surface area contributed by atoms with Crippen molar-refractivity contribution in [2.75, 3.05) is 38.7 Å². The predicted molar refractivity (Wildman–Crippen MR) is 288 cm³/mol. The summed E-state index contributed by atoms with van der Waals surface area (Å²) in [4.78, 5) is 72.6. The van der Waals surface area contributed by atoms with E-state index in [2.05, 4.69) is 29.2 Å². The molecule has 2 saturated carbocycles. The minimum Gasteiger partial charge on any atom is -0.496 e. The van der Waals surface area contributed by atoms with Crippen LogP contribution in [0.5, 0.6) is 11.5 Å². The molecule has 3 N–H and O–H groups in total. The number of carbonyl (C=O) groups excluding carboxylic acids is 4. The molecular formula is C57H67N7O9S2. The summed E-state index contributed by atoms with van der Waals surface area (Å²) in [6.45, 7) is 9.03. The van der Waals surface area contributed by atoms with Gasteiger partial charge in [-0.1, -0.05) is 75.2 Å². The average molecular weight is 1060 g/mol. The Morgan fingerprint density at radius 1 is 1.00 bits per heavy atom. The number of allylic oxidation sites excluding steroid dienone is 1. The molecule has 0 radical (unpaired) electrons. The third-order valence-electron chi connectivity index (χ3n) is 15.7. The zero-order valence-electron chi connectivity index (χ0n) is 43.3. The van der Waals surface area contributed by atoms with Gasteiger partial charge in [-0.05, 0) is 101 Å². The number of sulfonamides is 1. The lowest BCUT2D eigenvalue weighted by Gasteiger charge is -2.36. The number of hydrogen-bond donors (Lipinski definition) is 3. The van der Waals surface area contributed by atoms with Crippen molar-refractivity contribution in [3.05, 3.63) is 113 Å². The summed E-state index contributed by atoms with van der Waals surface area (Å²) in [6.07, 6.45) is 8.40. The highest BCUT2D eigenvalue weighted by Crippen LogP contribution is 2.48. The van der Waals surface area contributed by atoms with Gasteiger partial charge < -0.3 is 34.6 Å². The highest BCUT2D eigenvalue weighted by Gasteiger charge is 2.63. The predicted octanol–water partition coefficient (Wildman–Crippen LogP) is 8.11. The van der Waals surface area contributed by atoms with Gasteiger partial charge >= 0.3 is 0 Å². The molecule has 5 aliphatic rings. The number of nitrogens with zero attached hydrogens (tertiary/aromatic N) is 4. The fraction of sp³-hybridized carbons (Fsp3) is 0.474. The quantitative estimate of drug-likeness (QED) is 0.0960. The molecule has 3 aliphatic heterocycles. The van der Waals surface area contributed by atoms with Crippen LogP contribution in [0.2, 0.25) is 0 Å². The Morgan fingerprint density at radius 3 is 2.57 bits per heavy atom. The molecule has 5 heterocycles. The zero-order valence-corrected chi connectivity index (χ0v) is 44.9. The van der Waals surface area contributed by atoms with E-state index in [0.717, 1.165) is 29.7 Å². The molecule has 5 aromatic rings. The van der Waals surface area contributed by atoms with Crippen molar-refractivity contribution in [1.82, 2.24) is 29.8 Å². The van der Waals surface area contributed by atoms with Crippen molar-refractivity contribution in [3.63, 3.8) is 0 Å². The molecule has 4 amide bonds. The Hall–Kier alpha value is -6.37. The minimum atomic E-state index is -4.03. The van der Waals surface area contributed by atoms with Crippen molar-refractivity contribution in [3.8, 4) is 22.2 Å². The number of fused-ring (bicyclic) bond motifs is 3. The highest BCUT2D eigenvalue weighted by atomic mass is 32.2. The number of anilines is 1. The third kappa shape index (κ3) is 10.9. The van der Waals surface area contributed by atoms with Gasteiger partial charge in [-0.2, -0.15) is 0 Å². The number of benzene rings is 3. The molecule has 0 bridgehead atoms. The monoisotopic (exact) mass is 1060 g/mol. The number of morpholine rings is 1. The summed E-state index contributed by atoms with van der Waals surface area (Å²) in [5.41, 5.74) is 3.63. The van der Waals surface area contributed by atoms with E-state index in [0.29, 0.717) is 103 Å². The van der Waals surface area contributed by atoms with Gasteiger partial charge in [0.05, 0.1) is 48.9 Å². The fourth-order valence-electron chi connectivity index (χ4n) is 10.7. The van der Waals surface area contributed by atoms with Gasteiger partial charge in [0.1, 0.15) is 45.9 Å². The molecule has 0 spiro atoms. The van der Waals surface area contributed by atoms with Gasteiger partial charge in [0, 0.05) is 52.5 Å². The summed E-state index contributed by atoms with van der Waals surface area (Å²) in [5.74, 6) is -0.949. The number of pyridine rings is 1. The fourth-order valence-corrected chi connectivity index (χ4v) is 12.9. The van der Waals surface area contributed by atoms with E-state index in [1.165, 1.54) is 11.3 Å². The molecule has 4 fully saturated rings. The molecule has 396 valence electrons. The van der Waals surface area contributed by atoms with E-state index in [9.17, 15) is 18.0 Å². The normalized spacial score (nSPS) is 25.3. The Labute approximate surface area is 443 Å². The Kier molecular flexibility index (Phi) is 14.8. The summed E-state index contributed by atoms with van der Waals surface area (Å²) >= 11 is 1.49. The lowest BCUT2D eigenvalue weighted by molar-refractivity contribution is -0.140. The van der Waals surface area contributed by atoms with E-state index in [1.807, 2.05) is 90.0 Å². The van der Waals surface area contributed by atoms with Crippen LogP contribution in [0, 0.1) is 12.8 Å². The zero-order chi connectivity index (χ0) is 52.6. The van der Waals surface area contributed by atoms with Gasteiger partial charge in [0.15, 0.2) is 0 Å². The van der Waals surface area contributed by atoms with E-state index >= 15 is 9.59 Å². The summed E-state index contributed by atoms with van der Waals surface area (Å²) < 4.78 is 46.8. The van der Waals surface area contributed by atoms with Crippen molar-refractivity contribution in [2.45, 2.75) is 132 Å². The Bertz CT molecular complexity index is 3120. The maximum absolute atomic E-state index is 15.5. The maximum Gasteiger partial charge on any atom is 0.259 e. The van der Waals surface area contributed by atoms with Crippen LogP contribution in [0.4, 0.5) is 5.69 Å². The Balaban J connectivity index is 0.976. The molecule has 2 aliphatic carbocycles. The van der Waals surface area contributed by atoms with Crippen LogP contribution in [0.3, 0.4) is 0 Å². The number of nitrogens with one attached hydrogen (secondary N) is 3. The van der Waals surface area contributed by atoms with Crippen LogP contribution >= 0.6 is 11.3 Å². The van der Waals surface area contributed by atoms with E-state index in [-0.39, 0.29) is 43.2 Å². The number of rotatable bonds is 13. The first-order chi connectivity index (χ1) is 36.1.